The van der Waals surface area contributed by atoms with Gasteiger partial charge in [-0.15, -0.1) is 0 Å². The minimum Gasteiger partial charge on any atom is -0.493 e. The Kier molecular flexibility index (Phi) is 5.61. The van der Waals surface area contributed by atoms with Crippen LogP contribution in [-0.4, -0.2) is 19.7 Å². The van der Waals surface area contributed by atoms with Gasteiger partial charge >= 0.3 is 5.97 Å². The minimum atomic E-state index is -0.634. The zero-order chi connectivity index (χ0) is 15.9. The molecule has 2 aromatic carbocycles. The third-order valence-electron chi connectivity index (χ3n) is 2.85. The fourth-order valence-electron chi connectivity index (χ4n) is 1.74. The fraction of sp³-hybridized carbons (Fsp3) is 0.188. The topological polar surface area (TPSA) is 44.8 Å². The highest BCUT2D eigenvalue weighted by molar-refractivity contribution is 6.31. The molecule has 0 aromatic heterocycles. The molecule has 0 radical (unpaired) electrons. The second kappa shape index (κ2) is 7.66. The molecule has 4 nitrogen and oxygen atoms in total. The van der Waals surface area contributed by atoms with Crippen molar-refractivity contribution in [2.75, 3.05) is 13.7 Å². The maximum absolute atomic E-state index is 13.5. The molecule has 6 heteroatoms. The summed E-state index contributed by atoms with van der Waals surface area (Å²) < 4.78 is 28.9. The SMILES string of the molecule is COc1ccccc1OCC(=O)OCc1c(F)cccc1Cl. The lowest BCUT2D eigenvalue weighted by Gasteiger charge is -2.10. The molecule has 0 aliphatic carbocycles. The molecule has 0 saturated heterocycles. The number of ether oxygens (including phenoxy) is 3. The Balaban J connectivity index is 1.88. The summed E-state index contributed by atoms with van der Waals surface area (Å²) in [5.74, 6) is -0.227. The Morgan fingerprint density at radius 3 is 2.55 bits per heavy atom. The maximum Gasteiger partial charge on any atom is 0.344 e. The summed E-state index contributed by atoms with van der Waals surface area (Å²) in [4.78, 5) is 11.7. The maximum atomic E-state index is 13.5. The van der Waals surface area contributed by atoms with Crippen LogP contribution in [0.4, 0.5) is 4.39 Å². The van der Waals surface area contributed by atoms with Gasteiger partial charge < -0.3 is 14.2 Å². The molecule has 0 aliphatic rings. The highest BCUT2D eigenvalue weighted by atomic mass is 35.5. The van der Waals surface area contributed by atoms with Crippen molar-refractivity contribution in [1.82, 2.24) is 0 Å². The molecule has 2 aromatic rings. The van der Waals surface area contributed by atoms with Gasteiger partial charge in [-0.1, -0.05) is 29.8 Å². The molecule has 0 N–H and O–H groups in total. The van der Waals surface area contributed by atoms with Crippen molar-refractivity contribution in [2.24, 2.45) is 0 Å². The van der Waals surface area contributed by atoms with E-state index in [9.17, 15) is 9.18 Å². The summed E-state index contributed by atoms with van der Waals surface area (Å²) in [5.41, 5.74) is 0.134. The van der Waals surface area contributed by atoms with Gasteiger partial charge in [-0.05, 0) is 24.3 Å². The van der Waals surface area contributed by atoms with Gasteiger partial charge in [-0.3, -0.25) is 0 Å². The molecule has 116 valence electrons. The van der Waals surface area contributed by atoms with Crippen LogP contribution in [0.1, 0.15) is 5.56 Å². The number of methoxy groups -OCH3 is 1. The van der Waals surface area contributed by atoms with Crippen molar-refractivity contribution < 1.29 is 23.4 Å². The molecule has 2 rings (SSSR count). The average molecular weight is 325 g/mol. The number of carbonyl (C=O) groups is 1. The number of para-hydroxylation sites is 2. The Bertz CT molecular complexity index is 640. The van der Waals surface area contributed by atoms with Gasteiger partial charge in [0.05, 0.1) is 12.1 Å². The Hall–Kier alpha value is -2.27. The van der Waals surface area contributed by atoms with Crippen molar-refractivity contribution in [2.45, 2.75) is 6.61 Å². The summed E-state index contributed by atoms with van der Waals surface area (Å²) >= 11 is 5.85. The number of hydrogen-bond donors (Lipinski definition) is 0. The third-order valence-corrected chi connectivity index (χ3v) is 3.21. The number of carbonyl (C=O) groups excluding carboxylic acids is 1. The van der Waals surface area contributed by atoms with Crippen LogP contribution < -0.4 is 9.47 Å². The summed E-state index contributed by atoms with van der Waals surface area (Å²) in [7, 11) is 1.50. The highest BCUT2D eigenvalue weighted by Gasteiger charge is 2.12. The van der Waals surface area contributed by atoms with E-state index in [1.165, 1.54) is 25.3 Å². The molecular weight excluding hydrogens is 311 g/mol. The van der Waals surface area contributed by atoms with Crippen LogP contribution >= 0.6 is 11.6 Å². The van der Waals surface area contributed by atoms with Crippen LogP contribution in [0.25, 0.3) is 0 Å². The lowest BCUT2D eigenvalue weighted by Crippen LogP contribution is -2.15. The summed E-state index contributed by atoms with van der Waals surface area (Å²) in [6.07, 6.45) is 0. The molecule has 0 saturated carbocycles. The van der Waals surface area contributed by atoms with Gasteiger partial charge in [-0.25, -0.2) is 9.18 Å². The predicted octanol–water partition coefficient (Wildman–Crippen LogP) is 3.61. The van der Waals surface area contributed by atoms with Gasteiger partial charge in [0.1, 0.15) is 12.4 Å². The van der Waals surface area contributed by atoms with Crippen LogP contribution in [0.3, 0.4) is 0 Å². The van der Waals surface area contributed by atoms with Gasteiger partial charge in [-0.2, -0.15) is 0 Å². The largest absolute Gasteiger partial charge is 0.493 e. The normalized spacial score (nSPS) is 10.1. The minimum absolute atomic E-state index is 0.134. The van der Waals surface area contributed by atoms with E-state index >= 15 is 0 Å². The molecule has 0 spiro atoms. The van der Waals surface area contributed by atoms with E-state index in [1.807, 2.05) is 0 Å². The summed E-state index contributed by atoms with van der Waals surface area (Å²) in [6, 6.07) is 11.2. The second-order valence-corrected chi connectivity index (χ2v) is 4.71. The van der Waals surface area contributed by atoms with E-state index in [2.05, 4.69) is 0 Å². The van der Waals surface area contributed by atoms with Crippen molar-refractivity contribution in [1.29, 1.82) is 0 Å². The van der Waals surface area contributed by atoms with Crippen LogP contribution in [0, 0.1) is 5.82 Å². The van der Waals surface area contributed by atoms with Crippen molar-refractivity contribution in [3.8, 4) is 11.5 Å². The zero-order valence-electron chi connectivity index (χ0n) is 11.8. The van der Waals surface area contributed by atoms with E-state index in [-0.39, 0.29) is 23.8 Å². The number of hydrogen-bond acceptors (Lipinski definition) is 4. The quantitative estimate of drug-likeness (QED) is 0.761. The third kappa shape index (κ3) is 4.11. The van der Waals surface area contributed by atoms with E-state index in [0.717, 1.165) is 0 Å². The van der Waals surface area contributed by atoms with E-state index < -0.39 is 11.8 Å². The Morgan fingerprint density at radius 1 is 1.14 bits per heavy atom. The molecular formula is C16H14ClFO4. The van der Waals surface area contributed by atoms with Crippen molar-refractivity contribution in [3.63, 3.8) is 0 Å². The second-order valence-electron chi connectivity index (χ2n) is 4.30. The van der Waals surface area contributed by atoms with E-state index in [4.69, 9.17) is 25.8 Å². The number of esters is 1. The van der Waals surface area contributed by atoms with Crippen LogP contribution in [0.2, 0.25) is 5.02 Å². The van der Waals surface area contributed by atoms with Gasteiger partial charge in [0.25, 0.3) is 0 Å². The number of rotatable bonds is 6. The first-order valence-corrected chi connectivity index (χ1v) is 6.84. The van der Waals surface area contributed by atoms with Crippen LogP contribution in [0.15, 0.2) is 42.5 Å². The standard InChI is InChI=1S/C16H14ClFO4/c1-20-14-7-2-3-8-15(14)21-10-16(19)22-9-11-12(17)5-4-6-13(11)18/h2-8H,9-10H2,1H3. The zero-order valence-corrected chi connectivity index (χ0v) is 12.6. The number of benzene rings is 2. The molecule has 0 heterocycles. The first kappa shape index (κ1) is 16.1. The molecule has 0 aliphatic heterocycles. The number of halogens is 2. The predicted molar refractivity (Wildman–Crippen MR) is 79.7 cm³/mol. The average Bonchev–Trinajstić information content (AvgIpc) is 2.52. The Morgan fingerprint density at radius 2 is 1.86 bits per heavy atom. The molecule has 0 amide bonds. The summed E-state index contributed by atoms with van der Waals surface area (Å²) in [6.45, 7) is -0.563. The highest BCUT2D eigenvalue weighted by Crippen LogP contribution is 2.25. The van der Waals surface area contributed by atoms with Crippen LogP contribution in [-0.2, 0) is 16.1 Å². The first-order valence-electron chi connectivity index (χ1n) is 6.46. The smallest absolute Gasteiger partial charge is 0.344 e. The monoisotopic (exact) mass is 324 g/mol. The fourth-order valence-corrected chi connectivity index (χ4v) is 1.96. The van der Waals surface area contributed by atoms with Gasteiger partial charge in [0.2, 0.25) is 0 Å². The van der Waals surface area contributed by atoms with Crippen molar-refractivity contribution >= 4 is 17.6 Å². The van der Waals surface area contributed by atoms with Gasteiger partial charge in [0.15, 0.2) is 18.1 Å². The molecule has 0 unspecified atom stereocenters. The molecule has 0 bridgehead atoms. The first-order chi connectivity index (χ1) is 10.6. The van der Waals surface area contributed by atoms with Crippen LogP contribution in [0.5, 0.6) is 11.5 Å². The lowest BCUT2D eigenvalue weighted by atomic mass is 10.2. The molecule has 0 fully saturated rings. The molecule has 0 atom stereocenters. The van der Waals surface area contributed by atoms with Gasteiger partial charge in [0, 0.05) is 5.56 Å². The van der Waals surface area contributed by atoms with Crippen molar-refractivity contribution in [3.05, 3.63) is 58.9 Å². The van der Waals surface area contributed by atoms with E-state index in [0.29, 0.717) is 11.5 Å². The summed E-state index contributed by atoms with van der Waals surface area (Å²) in [5, 5.41) is 0.207. The Labute approximate surface area is 132 Å². The van der Waals surface area contributed by atoms with E-state index in [1.54, 1.807) is 24.3 Å². The molecule has 22 heavy (non-hydrogen) atoms. The lowest BCUT2D eigenvalue weighted by molar-refractivity contribution is -0.147.